The van der Waals surface area contributed by atoms with Gasteiger partial charge in [0.15, 0.2) is 0 Å². The number of carbonyl (C=O) groups is 1. The van der Waals surface area contributed by atoms with Gasteiger partial charge in [0.05, 0.1) is 40.6 Å². The number of rotatable bonds is 16. The van der Waals surface area contributed by atoms with E-state index < -0.39 is 14.2 Å². The lowest BCUT2D eigenvalue weighted by Gasteiger charge is -2.47. The van der Waals surface area contributed by atoms with Crippen molar-refractivity contribution in [3.8, 4) is 5.75 Å². The summed E-state index contributed by atoms with van der Waals surface area (Å²) in [6, 6.07) is 21.4. The van der Waals surface area contributed by atoms with Crippen molar-refractivity contribution in [2.45, 2.75) is 88.3 Å². The van der Waals surface area contributed by atoms with Gasteiger partial charge in [0, 0.05) is 25.7 Å². The van der Waals surface area contributed by atoms with Crippen molar-refractivity contribution in [2.24, 2.45) is 0 Å². The maximum Gasteiger partial charge on any atom is 0.251 e. The van der Waals surface area contributed by atoms with Crippen LogP contribution in [0.5, 0.6) is 5.75 Å². The monoisotopic (exact) mass is 567 g/mol. The predicted molar refractivity (Wildman–Crippen MR) is 164 cm³/mol. The topological polar surface area (TPSA) is 57.2 Å². The van der Waals surface area contributed by atoms with Gasteiger partial charge in [-0.25, -0.2) is 0 Å². The van der Waals surface area contributed by atoms with Crippen LogP contribution < -0.4 is 4.74 Å². The molecule has 0 spiro atoms. The summed E-state index contributed by atoms with van der Waals surface area (Å²) in [4.78, 5) is 15.3. The molecule has 1 fully saturated rings. The minimum absolute atomic E-state index is 0.0175. The molecule has 1 aliphatic rings. The summed E-state index contributed by atoms with van der Waals surface area (Å²) in [5.41, 5.74) is 2.20. The highest BCUT2D eigenvalue weighted by Crippen LogP contribution is 2.58. The summed E-state index contributed by atoms with van der Waals surface area (Å²) in [5.74, 6) is 0.832. The lowest BCUT2D eigenvalue weighted by Crippen LogP contribution is -2.53. The van der Waals surface area contributed by atoms with Gasteiger partial charge in [-0.1, -0.05) is 87.4 Å². The Balaban J connectivity index is 1.86. The van der Waals surface area contributed by atoms with Gasteiger partial charge in [-0.2, -0.15) is 0 Å². The molecule has 7 heteroatoms. The van der Waals surface area contributed by atoms with Crippen molar-refractivity contribution in [1.82, 2.24) is 4.90 Å². The summed E-state index contributed by atoms with van der Waals surface area (Å²) in [6.45, 7) is 12.7. The lowest BCUT2D eigenvalue weighted by atomic mass is 9.94. The molecular formula is C33H49NO5Si. The van der Waals surface area contributed by atoms with E-state index in [4.69, 9.17) is 18.9 Å². The fourth-order valence-electron chi connectivity index (χ4n) is 6.42. The number of hydrogen-bond donors (Lipinski definition) is 0. The van der Waals surface area contributed by atoms with Gasteiger partial charge in [-0.15, -0.1) is 6.58 Å². The third kappa shape index (κ3) is 7.05. The molecular weight excluding hydrogens is 518 g/mol. The number of ether oxygens (including phenoxy) is 4. The van der Waals surface area contributed by atoms with Crippen molar-refractivity contribution in [3.63, 3.8) is 0 Å². The van der Waals surface area contributed by atoms with Crippen molar-refractivity contribution in [1.29, 1.82) is 0 Å². The first-order valence-corrected chi connectivity index (χ1v) is 17.3. The molecule has 0 aromatic heterocycles. The molecule has 1 aliphatic heterocycles. The second-order valence-electron chi connectivity index (χ2n) is 11.1. The molecule has 1 heterocycles. The molecule has 1 amide bonds. The van der Waals surface area contributed by atoms with Crippen molar-refractivity contribution < 1.29 is 23.7 Å². The van der Waals surface area contributed by atoms with Gasteiger partial charge in [-0.3, -0.25) is 4.79 Å². The summed E-state index contributed by atoms with van der Waals surface area (Å²) < 4.78 is 24.8. The minimum Gasteiger partial charge on any atom is -0.497 e. The summed E-state index contributed by atoms with van der Waals surface area (Å²) in [5, 5.41) is -0.357. The van der Waals surface area contributed by atoms with Crippen LogP contribution in [-0.4, -0.2) is 65.0 Å². The van der Waals surface area contributed by atoms with E-state index in [9.17, 15) is 4.79 Å². The van der Waals surface area contributed by atoms with Gasteiger partial charge < -0.3 is 23.8 Å². The molecule has 0 saturated carbocycles. The van der Waals surface area contributed by atoms with E-state index in [1.165, 1.54) is 0 Å². The summed E-state index contributed by atoms with van der Waals surface area (Å²) >= 11 is 0. The molecule has 1 saturated heterocycles. The Kier molecular flexibility index (Phi) is 12.0. The number of hydrogen-bond acceptors (Lipinski definition) is 5. The van der Waals surface area contributed by atoms with Gasteiger partial charge in [0.2, 0.25) is 0 Å². The lowest BCUT2D eigenvalue weighted by molar-refractivity contribution is -0.146. The van der Waals surface area contributed by atoms with Crippen LogP contribution in [0.3, 0.4) is 0 Å². The van der Waals surface area contributed by atoms with Gasteiger partial charge in [0.25, 0.3) is 5.91 Å². The Labute approximate surface area is 242 Å². The molecule has 2 aromatic carbocycles. The highest BCUT2D eigenvalue weighted by atomic mass is 28.3. The van der Waals surface area contributed by atoms with E-state index in [1.54, 1.807) is 12.0 Å². The Morgan fingerprint density at radius 2 is 1.68 bits per heavy atom. The van der Waals surface area contributed by atoms with Crippen molar-refractivity contribution in [2.75, 3.05) is 27.8 Å². The number of methoxy groups -OCH3 is 1. The average Bonchev–Trinajstić information content (AvgIpc) is 3.39. The van der Waals surface area contributed by atoms with Crippen molar-refractivity contribution in [3.05, 3.63) is 78.4 Å². The van der Waals surface area contributed by atoms with E-state index in [1.807, 2.05) is 56.6 Å². The smallest absolute Gasteiger partial charge is 0.251 e. The third-order valence-electron chi connectivity index (χ3n) is 9.06. The molecule has 0 bridgehead atoms. The zero-order valence-electron chi connectivity index (χ0n) is 25.4. The molecule has 0 unspecified atom stereocenters. The SMILES string of the molecule is C=C[C@]1([Si](CC)(CC)CC)C[C@@H]([C@H](CCOCc2ccccc2)OCc2ccc(OC)cc2)O[C@H]1C(=O)N(C)C. The Hall–Kier alpha value is -2.45. The van der Waals surface area contributed by atoms with E-state index in [-0.39, 0.29) is 23.2 Å². The summed E-state index contributed by atoms with van der Waals surface area (Å²) in [6.07, 6.45) is 2.48. The predicted octanol–water partition coefficient (Wildman–Crippen LogP) is 6.87. The number of likely N-dealkylation sites (N-methyl/N-ethyl adjacent to an activating group) is 1. The van der Waals surface area contributed by atoms with Crippen molar-refractivity contribution >= 4 is 14.0 Å². The van der Waals surface area contributed by atoms with E-state index in [0.29, 0.717) is 26.2 Å². The normalized spacial score (nSPS) is 21.6. The van der Waals surface area contributed by atoms with Crippen LogP contribution in [-0.2, 0) is 32.2 Å². The number of carbonyl (C=O) groups excluding carboxylic acids is 1. The standard InChI is InChI=1S/C33H49NO5Si/c1-8-33(40(9-2,10-3)11-4)23-30(39-31(33)32(35)34(5)6)29(21-22-37-24-26-15-13-12-14-16-26)38-25-27-17-19-28(36-7)20-18-27/h8,12-20,29-31H,1,9-11,21-25H2,2-7H3/t29-,30-,31-,33-/m0/s1. The molecule has 40 heavy (non-hydrogen) atoms. The Morgan fingerprint density at radius 3 is 2.23 bits per heavy atom. The van der Waals surface area contributed by atoms with Crippen LogP contribution in [0.15, 0.2) is 67.3 Å². The molecule has 0 radical (unpaired) electrons. The first kappa shape index (κ1) is 32.1. The maximum absolute atomic E-state index is 13.6. The van der Waals surface area contributed by atoms with Crippen LogP contribution in [0.25, 0.3) is 0 Å². The molecule has 2 aromatic rings. The van der Waals surface area contributed by atoms with E-state index in [2.05, 4.69) is 45.6 Å². The number of nitrogens with zero attached hydrogens (tertiary/aromatic N) is 1. The van der Waals surface area contributed by atoms with Crippen LogP contribution >= 0.6 is 0 Å². The molecule has 220 valence electrons. The Morgan fingerprint density at radius 1 is 1.05 bits per heavy atom. The van der Waals surface area contributed by atoms with Crippen LogP contribution in [0, 0.1) is 0 Å². The highest BCUT2D eigenvalue weighted by molar-refractivity contribution is 6.83. The zero-order chi connectivity index (χ0) is 29.2. The van der Waals surface area contributed by atoms with Crippen LogP contribution in [0.4, 0.5) is 0 Å². The highest BCUT2D eigenvalue weighted by Gasteiger charge is 2.61. The molecule has 6 nitrogen and oxygen atoms in total. The fraction of sp³-hybridized carbons (Fsp3) is 0.545. The van der Waals surface area contributed by atoms with Gasteiger partial charge in [-0.05, 0) is 36.1 Å². The third-order valence-corrected chi connectivity index (χ3v) is 15.8. The average molecular weight is 568 g/mol. The number of benzene rings is 2. The molecule has 0 N–H and O–H groups in total. The quantitative estimate of drug-likeness (QED) is 0.126. The van der Waals surface area contributed by atoms with E-state index >= 15 is 0 Å². The Bertz CT molecular complexity index is 1050. The maximum atomic E-state index is 13.6. The van der Waals surface area contributed by atoms with Crippen LogP contribution in [0.1, 0.15) is 44.7 Å². The first-order valence-electron chi connectivity index (χ1n) is 14.7. The summed E-state index contributed by atoms with van der Waals surface area (Å²) in [7, 11) is 3.33. The van der Waals surface area contributed by atoms with Crippen LogP contribution in [0.2, 0.25) is 23.2 Å². The first-order chi connectivity index (χ1) is 19.3. The van der Waals surface area contributed by atoms with E-state index in [0.717, 1.165) is 41.4 Å². The fourth-order valence-corrected chi connectivity index (χ4v) is 11.7. The molecule has 0 aliphatic carbocycles. The minimum atomic E-state index is -1.96. The number of amides is 1. The largest absolute Gasteiger partial charge is 0.497 e. The second kappa shape index (κ2) is 15.0. The van der Waals surface area contributed by atoms with Gasteiger partial charge >= 0.3 is 0 Å². The zero-order valence-corrected chi connectivity index (χ0v) is 26.4. The second-order valence-corrected chi connectivity index (χ2v) is 16.7. The molecule has 3 rings (SSSR count). The molecule has 4 atom stereocenters. The van der Waals surface area contributed by atoms with Gasteiger partial charge in [0.1, 0.15) is 11.9 Å².